The fourth-order valence-electron chi connectivity index (χ4n) is 1.70. The van der Waals surface area contributed by atoms with Crippen LogP contribution in [-0.2, 0) is 13.5 Å². The van der Waals surface area contributed by atoms with Gasteiger partial charge >= 0.3 is 0 Å². The van der Waals surface area contributed by atoms with Crippen LogP contribution in [0.1, 0.15) is 11.1 Å². The maximum Gasteiger partial charge on any atom is 0.142 e. The van der Waals surface area contributed by atoms with E-state index >= 15 is 0 Å². The van der Waals surface area contributed by atoms with Crippen molar-refractivity contribution >= 4 is 11.6 Å². The topological polar surface area (TPSA) is 27.1 Å². The van der Waals surface area contributed by atoms with Crippen LogP contribution in [0.3, 0.4) is 0 Å². The predicted octanol–water partition coefficient (Wildman–Crippen LogP) is 2.77. The second kappa shape index (κ2) is 6.97. The normalized spacial score (nSPS) is 9.95. The van der Waals surface area contributed by atoms with Gasteiger partial charge in [0.1, 0.15) is 11.6 Å². The molecule has 1 aromatic heterocycles. The molecule has 0 radical (unpaired) electrons. The van der Waals surface area contributed by atoms with Crippen molar-refractivity contribution in [3.05, 3.63) is 47.5 Å². The molecule has 1 heterocycles. The molecule has 0 fully saturated rings. The van der Waals surface area contributed by atoms with E-state index in [9.17, 15) is 4.39 Å². The highest BCUT2D eigenvalue weighted by molar-refractivity contribution is 6.19. The van der Waals surface area contributed by atoms with Gasteiger partial charge in [-0.25, -0.2) is 4.39 Å². The van der Waals surface area contributed by atoms with Crippen molar-refractivity contribution in [2.75, 3.05) is 12.5 Å². The van der Waals surface area contributed by atoms with Crippen molar-refractivity contribution < 1.29 is 9.13 Å². The average molecular weight is 293 g/mol. The fraction of sp³-hybridized carbons (Fsp3) is 0.267. The Labute approximate surface area is 122 Å². The van der Waals surface area contributed by atoms with E-state index in [-0.39, 0.29) is 5.88 Å². The Morgan fingerprint density at radius 2 is 2.30 bits per heavy atom. The average Bonchev–Trinajstić information content (AvgIpc) is 2.84. The number of rotatable bonds is 4. The number of alkyl halides is 1. The molecule has 0 spiro atoms. The van der Waals surface area contributed by atoms with Gasteiger partial charge in [-0.3, -0.25) is 4.68 Å². The molecule has 5 heteroatoms. The molecule has 3 nitrogen and oxygen atoms in total. The van der Waals surface area contributed by atoms with Crippen LogP contribution < -0.4 is 4.74 Å². The highest BCUT2D eigenvalue weighted by Gasteiger charge is 2.03. The summed E-state index contributed by atoms with van der Waals surface area (Å²) in [6.07, 6.45) is 4.44. The standard InChI is InChI=1S/C15H14ClFN2O/c1-19-11-12(10-18-19)6-8-20-14-5-4-13(3-2-7-16)15(17)9-14/h4-5,9-11H,6-8H2,1H3. The molecule has 0 N–H and O–H groups in total. The number of hydrogen-bond donors (Lipinski definition) is 0. The highest BCUT2D eigenvalue weighted by Crippen LogP contribution is 2.16. The van der Waals surface area contributed by atoms with E-state index in [0.717, 1.165) is 12.0 Å². The number of ether oxygens (including phenoxy) is 1. The lowest BCUT2D eigenvalue weighted by molar-refractivity contribution is 0.320. The van der Waals surface area contributed by atoms with Crippen LogP contribution in [0.25, 0.3) is 0 Å². The Kier molecular flexibility index (Phi) is 5.03. The summed E-state index contributed by atoms with van der Waals surface area (Å²) in [5, 5.41) is 4.07. The maximum atomic E-state index is 13.7. The number of aryl methyl sites for hydroxylation is 1. The Morgan fingerprint density at radius 1 is 1.45 bits per heavy atom. The Balaban J connectivity index is 1.91. The SMILES string of the molecule is Cn1cc(CCOc2ccc(C#CCCl)c(F)c2)cn1. The molecule has 1 aromatic carbocycles. The Morgan fingerprint density at radius 3 is 2.95 bits per heavy atom. The summed E-state index contributed by atoms with van der Waals surface area (Å²) in [6.45, 7) is 0.470. The van der Waals surface area contributed by atoms with Gasteiger partial charge in [-0.1, -0.05) is 11.8 Å². The van der Waals surface area contributed by atoms with E-state index in [2.05, 4.69) is 16.9 Å². The number of hydrogen-bond acceptors (Lipinski definition) is 2. The van der Waals surface area contributed by atoms with Crippen LogP contribution in [0.5, 0.6) is 5.75 Å². The molecule has 0 aliphatic rings. The van der Waals surface area contributed by atoms with E-state index in [1.54, 1.807) is 23.0 Å². The van der Waals surface area contributed by atoms with Crippen molar-refractivity contribution in [1.29, 1.82) is 0 Å². The molecule has 20 heavy (non-hydrogen) atoms. The minimum atomic E-state index is -0.401. The van der Waals surface area contributed by atoms with Crippen molar-refractivity contribution in [3.63, 3.8) is 0 Å². The molecule has 0 saturated carbocycles. The fourth-order valence-corrected chi connectivity index (χ4v) is 1.77. The zero-order valence-corrected chi connectivity index (χ0v) is 11.8. The third-order valence-electron chi connectivity index (χ3n) is 2.65. The number of aromatic nitrogens is 2. The number of nitrogens with zero attached hydrogens (tertiary/aromatic N) is 2. The predicted molar refractivity (Wildman–Crippen MR) is 76.4 cm³/mol. The van der Waals surface area contributed by atoms with Gasteiger partial charge in [-0.2, -0.15) is 5.10 Å². The molecule has 0 atom stereocenters. The summed E-state index contributed by atoms with van der Waals surface area (Å²) in [5.41, 5.74) is 1.41. The van der Waals surface area contributed by atoms with Crippen molar-refractivity contribution in [3.8, 4) is 17.6 Å². The molecular weight excluding hydrogens is 279 g/mol. The van der Waals surface area contributed by atoms with Crippen LogP contribution in [0.15, 0.2) is 30.6 Å². The van der Waals surface area contributed by atoms with Gasteiger partial charge in [-0.05, 0) is 17.7 Å². The van der Waals surface area contributed by atoms with Gasteiger partial charge in [0.05, 0.1) is 24.2 Å². The zero-order chi connectivity index (χ0) is 14.4. The van der Waals surface area contributed by atoms with Gasteiger partial charge < -0.3 is 4.74 Å². The van der Waals surface area contributed by atoms with Crippen LogP contribution in [0, 0.1) is 17.7 Å². The molecule has 0 aliphatic heterocycles. The molecular formula is C15H14ClFN2O. The highest BCUT2D eigenvalue weighted by atomic mass is 35.5. The van der Waals surface area contributed by atoms with Gasteiger partial charge in [-0.15, -0.1) is 11.6 Å². The summed E-state index contributed by atoms with van der Waals surface area (Å²) in [6, 6.07) is 4.63. The van der Waals surface area contributed by atoms with E-state index in [4.69, 9.17) is 16.3 Å². The van der Waals surface area contributed by atoms with Crippen molar-refractivity contribution in [1.82, 2.24) is 9.78 Å². The third-order valence-corrected chi connectivity index (χ3v) is 2.78. The number of halogens is 2. The van der Waals surface area contributed by atoms with E-state index in [1.807, 2.05) is 13.2 Å². The molecule has 0 unspecified atom stereocenters. The van der Waals surface area contributed by atoms with Crippen LogP contribution in [0.2, 0.25) is 0 Å². The minimum Gasteiger partial charge on any atom is -0.493 e. The summed E-state index contributed by atoms with van der Waals surface area (Å²) >= 11 is 5.44. The first-order chi connectivity index (χ1) is 9.69. The summed E-state index contributed by atoms with van der Waals surface area (Å²) < 4.78 is 20.9. The second-order valence-electron chi connectivity index (χ2n) is 4.20. The van der Waals surface area contributed by atoms with Crippen LogP contribution in [-0.4, -0.2) is 22.3 Å². The largest absolute Gasteiger partial charge is 0.493 e. The molecule has 0 saturated heterocycles. The Hall–Kier alpha value is -1.99. The third kappa shape index (κ3) is 4.01. The quantitative estimate of drug-likeness (QED) is 0.640. The Bertz CT molecular complexity index is 643. The van der Waals surface area contributed by atoms with Crippen LogP contribution in [0.4, 0.5) is 4.39 Å². The van der Waals surface area contributed by atoms with Crippen LogP contribution >= 0.6 is 11.6 Å². The molecule has 0 amide bonds. The minimum absolute atomic E-state index is 0.183. The first kappa shape index (κ1) is 14.4. The molecule has 0 bridgehead atoms. The van der Waals surface area contributed by atoms with Gasteiger partial charge in [0.15, 0.2) is 0 Å². The first-order valence-electron chi connectivity index (χ1n) is 6.14. The molecule has 104 valence electrons. The van der Waals surface area contributed by atoms with E-state index in [0.29, 0.717) is 17.9 Å². The van der Waals surface area contributed by atoms with Gasteiger partial charge in [0.2, 0.25) is 0 Å². The number of benzene rings is 1. The lowest BCUT2D eigenvalue weighted by Gasteiger charge is -2.05. The smallest absolute Gasteiger partial charge is 0.142 e. The lowest BCUT2D eigenvalue weighted by Crippen LogP contribution is -2.01. The maximum absolute atomic E-state index is 13.7. The molecule has 2 rings (SSSR count). The monoisotopic (exact) mass is 292 g/mol. The lowest BCUT2D eigenvalue weighted by atomic mass is 10.2. The summed E-state index contributed by atoms with van der Waals surface area (Å²) in [4.78, 5) is 0. The molecule has 2 aromatic rings. The second-order valence-corrected chi connectivity index (χ2v) is 4.47. The van der Waals surface area contributed by atoms with Crippen molar-refractivity contribution in [2.45, 2.75) is 6.42 Å². The first-order valence-corrected chi connectivity index (χ1v) is 6.67. The van der Waals surface area contributed by atoms with E-state index < -0.39 is 5.82 Å². The van der Waals surface area contributed by atoms with Crippen molar-refractivity contribution in [2.24, 2.45) is 7.05 Å². The summed E-state index contributed by atoms with van der Waals surface area (Å²) in [7, 11) is 1.86. The van der Waals surface area contributed by atoms with E-state index in [1.165, 1.54) is 6.07 Å². The summed E-state index contributed by atoms with van der Waals surface area (Å²) in [5.74, 6) is 5.54. The molecule has 0 aliphatic carbocycles. The van der Waals surface area contributed by atoms with Gasteiger partial charge in [0.25, 0.3) is 0 Å². The van der Waals surface area contributed by atoms with Gasteiger partial charge in [0, 0.05) is 25.7 Å². The zero-order valence-electron chi connectivity index (χ0n) is 11.1.